The second-order valence-electron chi connectivity index (χ2n) is 7.12. The molecule has 0 spiro atoms. The van der Waals surface area contributed by atoms with Crippen molar-refractivity contribution in [2.45, 2.75) is 13.2 Å². The molecule has 0 bridgehead atoms. The number of hydrogen-bond donors (Lipinski definition) is 0. The third-order valence-electron chi connectivity index (χ3n) is 4.83. The molecule has 0 aliphatic carbocycles. The molecule has 7 nitrogen and oxygen atoms in total. The second kappa shape index (κ2) is 9.92. The van der Waals surface area contributed by atoms with Gasteiger partial charge in [-0.25, -0.2) is 0 Å². The fourth-order valence-electron chi connectivity index (χ4n) is 3.27. The Labute approximate surface area is 173 Å². The zero-order valence-corrected chi connectivity index (χ0v) is 17.7. The van der Waals surface area contributed by atoms with Crippen LogP contribution in [0.5, 0.6) is 0 Å². The summed E-state index contributed by atoms with van der Waals surface area (Å²) in [5.41, 5.74) is 1.83. The minimum atomic E-state index is -0.251. The summed E-state index contributed by atoms with van der Waals surface area (Å²) in [6.07, 6.45) is 4.12. The molecule has 8 heteroatoms. The lowest BCUT2D eigenvalue weighted by Gasteiger charge is -2.26. The number of rotatable bonds is 8. The lowest BCUT2D eigenvalue weighted by atomic mass is 10.1. The summed E-state index contributed by atoms with van der Waals surface area (Å²) in [5.74, 6) is 0.667. The highest BCUT2D eigenvalue weighted by Gasteiger charge is 2.21. The Morgan fingerprint density at radius 3 is 2.69 bits per heavy atom. The van der Waals surface area contributed by atoms with Crippen molar-refractivity contribution in [2.24, 2.45) is 0 Å². The monoisotopic (exact) mass is 416 g/mol. The van der Waals surface area contributed by atoms with Gasteiger partial charge < -0.3 is 18.9 Å². The molecule has 154 valence electrons. The number of nitrogens with zero attached hydrogens (tertiary/aromatic N) is 3. The minimum Gasteiger partial charge on any atom is -0.378 e. The maximum absolute atomic E-state index is 12.8. The molecule has 1 saturated heterocycles. The summed E-state index contributed by atoms with van der Waals surface area (Å²) in [6.45, 7) is 3.10. The Hall–Kier alpha value is -2.34. The molecule has 2 aromatic rings. The maximum atomic E-state index is 12.8. The van der Waals surface area contributed by atoms with Crippen molar-refractivity contribution in [3.63, 3.8) is 0 Å². The van der Waals surface area contributed by atoms with Crippen molar-refractivity contribution in [2.75, 3.05) is 51.2 Å². The SMILES string of the molecule is C[S+](C)CCOCn1c(C(=O)CC#N)cc2cc(C(=O)N3CCOCC3)ccc21. The molecule has 1 aromatic heterocycles. The van der Waals surface area contributed by atoms with Crippen LogP contribution in [-0.4, -0.2) is 72.3 Å². The number of aromatic nitrogens is 1. The first-order chi connectivity index (χ1) is 14.0. The number of nitriles is 1. The van der Waals surface area contributed by atoms with Crippen molar-refractivity contribution < 1.29 is 19.1 Å². The third-order valence-corrected chi connectivity index (χ3v) is 5.81. The first kappa shape index (κ1) is 21.4. The van der Waals surface area contributed by atoms with Gasteiger partial charge in [-0.3, -0.25) is 9.59 Å². The van der Waals surface area contributed by atoms with E-state index in [9.17, 15) is 9.59 Å². The molecule has 1 amide bonds. The van der Waals surface area contributed by atoms with Gasteiger partial charge in [0.25, 0.3) is 5.91 Å². The van der Waals surface area contributed by atoms with E-state index in [1.54, 1.807) is 21.6 Å². The standard InChI is InChI=1S/C21H26N3O4S/c1-29(2)12-11-28-15-24-18-4-3-16(21(26)23-7-9-27-10-8-23)13-17(18)14-19(24)20(25)5-6-22/h3-4,13-14H,5,7-12,15H2,1-2H3/q+1. The van der Waals surface area contributed by atoms with Gasteiger partial charge in [-0.05, 0) is 35.2 Å². The highest BCUT2D eigenvalue weighted by atomic mass is 32.2. The van der Waals surface area contributed by atoms with E-state index < -0.39 is 0 Å². The van der Waals surface area contributed by atoms with Crippen LogP contribution in [0.2, 0.25) is 0 Å². The van der Waals surface area contributed by atoms with E-state index in [1.807, 2.05) is 18.2 Å². The van der Waals surface area contributed by atoms with Gasteiger partial charge in [0.1, 0.15) is 18.9 Å². The van der Waals surface area contributed by atoms with Gasteiger partial charge in [-0.2, -0.15) is 5.26 Å². The fraction of sp³-hybridized carbons (Fsp3) is 0.476. The van der Waals surface area contributed by atoms with Gasteiger partial charge in [-0.15, -0.1) is 0 Å². The van der Waals surface area contributed by atoms with Crippen molar-refractivity contribution in [1.29, 1.82) is 5.26 Å². The molecule has 1 aromatic carbocycles. The van der Waals surface area contributed by atoms with Crippen LogP contribution in [0.4, 0.5) is 0 Å². The molecule has 2 heterocycles. The van der Waals surface area contributed by atoms with Crippen LogP contribution < -0.4 is 0 Å². The minimum absolute atomic E-state index is 0.0398. The van der Waals surface area contributed by atoms with Crippen LogP contribution in [0, 0.1) is 11.3 Å². The van der Waals surface area contributed by atoms with Crippen LogP contribution in [0.1, 0.15) is 27.3 Å². The zero-order chi connectivity index (χ0) is 20.8. The number of morpholine rings is 1. The summed E-state index contributed by atoms with van der Waals surface area (Å²) in [5, 5.41) is 9.72. The average molecular weight is 417 g/mol. The molecule has 1 aliphatic rings. The first-order valence-electron chi connectivity index (χ1n) is 9.53. The highest BCUT2D eigenvalue weighted by molar-refractivity contribution is 7.95. The number of ketones is 1. The number of carbonyl (C=O) groups is 2. The van der Waals surface area contributed by atoms with Crippen LogP contribution in [0.3, 0.4) is 0 Å². The Morgan fingerprint density at radius 1 is 1.24 bits per heavy atom. The Balaban J connectivity index is 1.88. The van der Waals surface area contributed by atoms with Crippen molar-refractivity contribution in [3.05, 3.63) is 35.5 Å². The number of Topliss-reactive ketones (excluding diaryl/α,β-unsaturated/α-hetero) is 1. The molecule has 1 fully saturated rings. The summed E-state index contributed by atoms with van der Waals surface area (Å²) in [6, 6.07) is 9.10. The number of fused-ring (bicyclic) bond motifs is 1. The number of ether oxygens (including phenoxy) is 2. The first-order valence-corrected chi connectivity index (χ1v) is 11.7. The molecule has 1 aliphatic heterocycles. The van der Waals surface area contributed by atoms with Gasteiger partial charge >= 0.3 is 0 Å². The van der Waals surface area contributed by atoms with Gasteiger partial charge in [0.2, 0.25) is 0 Å². The van der Waals surface area contributed by atoms with Gasteiger partial charge in [-0.1, -0.05) is 0 Å². The van der Waals surface area contributed by atoms with Gasteiger partial charge in [0.15, 0.2) is 5.78 Å². The summed E-state index contributed by atoms with van der Waals surface area (Å²) in [4.78, 5) is 27.0. The van der Waals surface area contributed by atoms with Crippen LogP contribution in [0.15, 0.2) is 24.3 Å². The predicted octanol–water partition coefficient (Wildman–Crippen LogP) is 2.06. The Bertz CT molecular complexity index is 926. The summed E-state index contributed by atoms with van der Waals surface area (Å²) >= 11 is 0. The molecule has 29 heavy (non-hydrogen) atoms. The van der Waals surface area contributed by atoms with E-state index in [2.05, 4.69) is 12.5 Å². The molecule has 3 rings (SSSR count). The lowest BCUT2D eigenvalue weighted by Crippen LogP contribution is -2.40. The number of hydrogen-bond acceptors (Lipinski definition) is 5. The Kier molecular flexibility index (Phi) is 7.31. The molecule has 0 radical (unpaired) electrons. The highest BCUT2D eigenvalue weighted by Crippen LogP contribution is 2.24. The summed E-state index contributed by atoms with van der Waals surface area (Å²) < 4.78 is 12.9. The van der Waals surface area contributed by atoms with Crippen LogP contribution >= 0.6 is 0 Å². The van der Waals surface area contributed by atoms with E-state index >= 15 is 0 Å². The van der Waals surface area contributed by atoms with E-state index in [0.29, 0.717) is 44.2 Å². The van der Waals surface area contributed by atoms with Crippen molar-refractivity contribution in [1.82, 2.24) is 9.47 Å². The fourth-order valence-corrected chi connectivity index (χ4v) is 3.72. The van der Waals surface area contributed by atoms with Crippen LogP contribution in [-0.2, 0) is 27.1 Å². The zero-order valence-electron chi connectivity index (χ0n) is 16.8. The molecule has 0 unspecified atom stereocenters. The molecular formula is C21H26N3O4S+. The quantitative estimate of drug-likeness (QED) is 0.374. The van der Waals surface area contributed by atoms with Crippen LogP contribution in [0.25, 0.3) is 10.9 Å². The maximum Gasteiger partial charge on any atom is 0.254 e. The third kappa shape index (κ3) is 5.18. The smallest absolute Gasteiger partial charge is 0.254 e. The van der Waals surface area contributed by atoms with Gasteiger partial charge in [0, 0.05) is 24.0 Å². The van der Waals surface area contributed by atoms with Crippen molar-refractivity contribution in [3.8, 4) is 6.07 Å². The predicted molar refractivity (Wildman–Crippen MR) is 113 cm³/mol. The molecule has 0 saturated carbocycles. The van der Waals surface area contributed by atoms with E-state index in [1.165, 1.54) is 0 Å². The summed E-state index contributed by atoms with van der Waals surface area (Å²) in [7, 11) is 0.285. The van der Waals surface area contributed by atoms with Gasteiger partial charge in [0.05, 0.1) is 49.6 Å². The Morgan fingerprint density at radius 2 is 2.00 bits per heavy atom. The molecular weight excluding hydrogens is 390 g/mol. The average Bonchev–Trinajstić information content (AvgIpc) is 3.09. The topological polar surface area (TPSA) is 84.6 Å². The van der Waals surface area contributed by atoms with E-state index in [0.717, 1.165) is 16.7 Å². The van der Waals surface area contributed by atoms with E-state index in [-0.39, 0.29) is 35.7 Å². The normalized spacial score (nSPS) is 14.3. The number of benzene rings is 1. The number of amides is 1. The number of carbonyl (C=O) groups excluding carboxylic acids is 2. The molecule has 0 atom stereocenters. The van der Waals surface area contributed by atoms with Crippen molar-refractivity contribution >= 4 is 33.5 Å². The largest absolute Gasteiger partial charge is 0.378 e. The van der Waals surface area contributed by atoms with E-state index in [4.69, 9.17) is 14.7 Å². The second-order valence-corrected chi connectivity index (χ2v) is 9.50. The molecule has 0 N–H and O–H groups in total. The lowest BCUT2D eigenvalue weighted by molar-refractivity contribution is 0.0303.